The largest absolute Gasteiger partial charge is 0.319 e. The van der Waals surface area contributed by atoms with Gasteiger partial charge in [-0.1, -0.05) is 30.2 Å². The van der Waals surface area contributed by atoms with Gasteiger partial charge in [0.2, 0.25) is 5.91 Å². The Labute approximate surface area is 125 Å². The summed E-state index contributed by atoms with van der Waals surface area (Å²) < 4.78 is 0. The predicted octanol–water partition coefficient (Wildman–Crippen LogP) is 3.35. The van der Waals surface area contributed by atoms with Gasteiger partial charge in [-0.25, -0.2) is 0 Å². The smallest absolute Gasteiger partial charge is 0.241 e. The van der Waals surface area contributed by atoms with E-state index in [0.717, 1.165) is 5.56 Å². The first-order valence-electron chi connectivity index (χ1n) is 7.41. The van der Waals surface area contributed by atoms with Crippen molar-refractivity contribution in [3.63, 3.8) is 0 Å². The fourth-order valence-corrected chi connectivity index (χ4v) is 3.46. The molecule has 1 saturated heterocycles. The van der Waals surface area contributed by atoms with Gasteiger partial charge in [0.05, 0.1) is 6.04 Å². The molecule has 108 valence electrons. The minimum Gasteiger partial charge on any atom is -0.319 e. The first kappa shape index (κ1) is 13.9. The van der Waals surface area contributed by atoms with Crippen molar-refractivity contribution in [3.8, 4) is 0 Å². The third kappa shape index (κ3) is 2.33. The molecule has 1 saturated carbocycles. The second-order valence-electron chi connectivity index (χ2n) is 6.02. The van der Waals surface area contributed by atoms with Gasteiger partial charge in [0.25, 0.3) is 0 Å². The number of halogens is 1. The third-order valence-electron chi connectivity index (χ3n) is 4.75. The summed E-state index contributed by atoms with van der Waals surface area (Å²) in [5.41, 5.74) is 1.07. The Morgan fingerprint density at radius 1 is 1.40 bits per heavy atom. The van der Waals surface area contributed by atoms with Crippen LogP contribution >= 0.6 is 11.6 Å². The Morgan fingerprint density at radius 3 is 2.75 bits per heavy atom. The predicted molar refractivity (Wildman–Crippen MR) is 80.4 cm³/mol. The molecule has 3 unspecified atom stereocenters. The van der Waals surface area contributed by atoms with Gasteiger partial charge in [-0.2, -0.15) is 0 Å². The van der Waals surface area contributed by atoms with Crippen LogP contribution in [0.3, 0.4) is 0 Å². The molecular weight excluding hydrogens is 272 g/mol. The van der Waals surface area contributed by atoms with Crippen LogP contribution in [0.15, 0.2) is 24.3 Å². The Hall–Kier alpha value is -1.06. The molecule has 1 N–H and O–H groups in total. The highest BCUT2D eigenvalue weighted by molar-refractivity contribution is 6.30. The molecule has 1 aliphatic heterocycles. The van der Waals surface area contributed by atoms with Crippen LogP contribution in [0.1, 0.15) is 44.8 Å². The Balaban J connectivity index is 1.89. The monoisotopic (exact) mass is 292 g/mol. The lowest BCUT2D eigenvalue weighted by Crippen LogP contribution is -2.44. The van der Waals surface area contributed by atoms with Gasteiger partial charge in [-0.15, -0.1) is 0 Å². The molecule has 0 radical (unpaired) electrons. The lowest BCUT2D eigenvalue weighted by atomic mass is 9.79. The van der Waals surface area contributed by atoms with Crippen LogP contribution < -0.4 is 5.32 Å². The number of carbonyl (C=O) groups is 1. The summed E-state index contributed by atoms with van der Waals surface area (Å²) in [5.74, 6) is 0.849. The summed E-state index contributed by atoms with van der Waals surface area (Å²) in [6, 6.07) is 7.96. The van der Waals surface area contributed by atoms with E-state index in [1.807, 2.05) is 36.1 Å². The maximum absolute atomic E-state index is 12.5. The molecule has 2 fully saturated rings. The molecule has 20 heavy (non-hydrogen) atoms. The number of carbonyl (C=O) groups excluding carboxylic acids is 1. The highest BCUT2D eigenvalue weighted by Gasteiger charge is 2.42. The summed E-state index contributed by atoms with van der Waals surface area (Å²) in [4.78, 5) is 14.5. The zero-order valence-corrected chi connectivity index (χ0v) is 12.7. The van der Waals surface area contributed by atoms with Crippen molar-refractivity contribution in [2.75, 3.05) is 0 Å². The van der Waals surface area contributed by atoms with Crippen molar-refractivity contribution < 1.29 is 4.79 Å². The van der Waals surface area contributed by atoms with Crippen LogP contribution in [0.4, 0.5) is 0 Å². The van der Waals surface area contributed by atoms with Crippen LogP contribution in [0.25, 0.3) is 0 Å². The first-order chi connectivity index (χ1) is 9.58. The summed E-state index contributed by atoms with van der Waals surface area (Å²) in [7, 11) is 0. The number of hydrogen-bond acceptors (Lipinski definition) is 2. The quantitative estimate of drug-likeness (QED) is 0.926. The molecule has 1 aromatic carbocycles. The van der Waals surface area contributed by atoms with Crippen molar-refractivity contribution in [1.29, 1.82) is 0 Å². The van der Waals surface area contributed by atoms with E-state index < -0.39 is 0 Å². The fourth-order valence-electron chi connectivity index (χ4n) is 3.26. The number of rotatable bonds is 3. The Bertz CT molecular complexity index is 515. The van der Waals surface area contributed by atoms with Gasteiger partial charge >= 0.3 is 0 Å². The number of hydrogen-bond donors (Lipinski definition) is 1. The molecule has 0 aromatic heterocycles. The van der Waals surface area contributed by atoms with E-state index >= 15 is 0 Å². The number of benzene rings is 1. The van der Waals surface area contributed by atoms with E-state index in [-0.39, 0.29) is 24.2 Å². The molecule has 0 spiro atoms. The molecule has 3 nitrogen and oxygen atoms in total. The van der Waals surface area contributed by atoms with E-state index in [4.69, 9.17) is 11.6 Å². The molecule has 1 aliphatic carbocycles. The number of nitrogens with one attached hydrogen (secondary N) is 1. The van der Waals surface area contributed by atoms with Crippen molar-refractivity contribution in [1.82, 2.24) is 10.2 Å². The lowest BCUT2D eigenvalue weighted by molar-refractivity contribution is -0.133. The lowest BCUT2D eigenvalue weighted by Gasteiger charge is -2.40. The molecule has 3 atom stereocenters. The van der Waals surface area contributed by atoms with E-state index in [1.165, 1.54) is 19.3 Å². The standard InChI is InChI=1S/C16H21ClN2O/c1-10-16(20)19(11(2)12-5-3-6-12)15(18-10)13-7-4-8-14(17)9-13/h4,7-12,15,18H,3,5-6H2,1-2H3. The maximum atomic E-state index is 12.5. The first-order valence-corrected chi connectivity index (χ1v) is 7.79. The van der Waals surface area contributed by atoms with E-state index in [0.29, 0.717) is 10.9 Å². The van der Waals surface area contributed by atoms with E-state index in [9.17, 15) is 4.79 Å². The Morgan fingerprint density at radius 2 is 2.15 bits per heavy atom. The molecular formula is C16H21ClN2O. The van der Waals surface area contributed by atoms with Crippen molar-refractivity contribution in [2.24, 2.45) is 5.92 Å². The van der Waals surface area contributed by atoms with Gasteiger partial charge < -0.3 is 4.90 Å². The maximum Gasteiger partial charge on any atom is 0.241 e. The molecule has 4 heteroatoms. The van der Waals surface area contributed by atoms with Crippen LogP contribution in [-0.2, 0) is 4.79 Å². The van der Waals surface area contributed by atoms with Crippen molar-refractivity contribution in [3.05, 3.63) is 34.9 Å². The zero-order valence-electron chi connectivity index (χ0n) is 12.0. The van der Waals surface area contributed by atoms with Crippen LogP contribution in [0, 0.1) is 5.92 Å². The average Bonchev–Trinajstić information content (AvgIpc) is 2.64. The topological polar surface area (TPSA) is 32.3 Å². The van der Waals surface area contributed by atoms with Gasteiger partial charge in [-0.05, 0) is 50.3 Å². The van der Waals surface area contributed by atoms with Gasteiger partial charge in [-0.3, -0.25) is 10.1 Å². The van der Waals surface area contributed by atoms with E-state index in [1.54, 1.807) is 0 Å². The minimum atomic E-state index is -0.124. The second kappa shape index (κ2) is 5.38. The number of amides is 1. The minimum absolute atomic E-state index is 0.0493. The van der Waals surface area contributed by atoms with E-state index in [2.05, 4.69) is 12.2 Å². The summed E-state index contributed by atoms with van der Waals surface area (Å²) in [6.07, 6.45) is 3.72. The zero-order chi connectivity index (χ0) is 14.3. The SMILES string of the molecule is CC1NC(c2cccc(Cl)c2)N(C(C)C2CCC2)C1=O. The number of nitrogens with zero attached hydrogens (tertiary/aromatic N) is 1. The molecule has 0 bridgehead atoms. The third-order valence-corrected chi connectivity index (χ3v) is 4.98. The molecule has 1 heterocycles. The normalized spacial score (nSPS) is 28.6. The van der Waals surface area contributed by atoms with Crippen molar-refractivity contribution >= 4 is 17.5 Å². The van der Waals surface area contributed by atoms with Crippen LogP contribution in [0.5, 0.6) is 0 Å². The summed E-state index contributed by atoms with van der Waals surface area (Å²) >= 11 is 6.09. The van der Waals surface area contributed by atoms with Gasteiger partial charge in [0, 0.05) is 11.1 Å². The summed E-state index contributed by atoms with van der Waals surface area (Å²) in [6.45, 7) is 4.12. The molecule has 1 amide bonds. The second-order valence-corrected chi connectivity index (χ2v) is 6.46. The molecule has 2 aliphatic rings. The van der Waals surface area contributed by atoms with Gasteiger partial charge in [0.15, 0.2) is 0 Å². The van der Waals surface area contributed by atoms with Crippen LogP contribution in [0.2, 0.25) is 5.02 Å². The molecule has 3 rings (SSSR count). The fraction of sp³-hybridized carbons (Fsp3) is 0.562. The Kier molecular flexibility index (Phi) is 3.74. The summed E-state index contributed by atoms with van der Waals surface area (Å²) in [5, 5.41) is 4.11. The highest BCUT2D eigenvalue weighted by Crippen LogP contribution is 2.37. The van der Waals surface area contributed by atoms with Gasteiger partial charge in [0.1, 0.15) is 6.17 Å². The highest BCUT2D eigenvalue weighted by atomic mass is 35.5. The molecule has 1 aromatic rings. The van der Waals surface area contributed by atoms with Crippen molar-refractivity contribution in [2.45, 2.75) is 51.4 Å². The average molecular weight is 293 g/mol. The van der Waals surface area contributed by atoms with Crippen LogP contribution in [-0.4, -0.2) is 22.9 Å².